The lowest BCUT2D eigenvalue weighted by Crippen LogP contribution is -2.41. The predicted octanol–water partition coefficient (Wildman–Crippen LogP) is 3.21. The fourth-order valence-electron chi connectivity index (χ4n) is 4.31. The number of rotatable bonds is 2. The van der Waals surface area contributed by atoms with Crippen LogP contribution in [-0.4, -0.2) is 29.9 Å². The third-order valence-corrected chi connectivity index (χ3v) is 5.17. The highest BCUT2D eigenvalue weighted by atomic mass is 16.1. The van der Waals surface area contributed by atoms with Crippen molar-refractivity contribution < 1.29 is 4.79 Å². The van der Waals surface area contributed by atoms with E-state index in [1.54, 1.807) is 6.92 Å². The zero-order chi connectivity index (χ0) is 15.3. The van der Waals surface area contributed by atoms with E-state index in [0.29, 0.717) is 5.92 Å². The van der Waals surface area contributed by atoms with Crippen molar-refractivity contribution in [2.75, 3.05) is 12.4 Å². The van der Waals surface area contributed by atoms with Gasteiger partial charge < -0.3 is 5.32 Å². The first kappa shape index (κ1) is 13.5. The summed E-state index contributed by atoms with van der Waals surface area (Å²) in [4.78, 5) is 14.5. The highest BCUT2D eigenvalue weighted by Crippen LogP contribution is 2.53. The highest BCUT2D eigenvalue weighted by molar-refractivity contribution is 5.84. The molecule has 3 nitrogen and oxygen atoms in total. The summed E-state index contributed by atoms with van der Waals surface area (Å²) in [7, 11) is 2.06. The molecule has 1 N–H and O–H groups in total. The third-order valence-electron chi connectivity index (χ3n) is 5.17. The third kappa shape index (κ3) is 1.82. The number of hydrogen-bond donors (Lipinski definition) is 1. The summed E-state index contributed by atoms with van der Waals surface area (Å²) in [5.41, 5.74) is 3.78. The van der Waals surface area contributed by atoms with Crippen molar-refractivity contribution in [3.8, 4) is 0 Å². The van der Waals surface area contributed by atoms with Gasteiger partial charge in [0.2, 0.25) is 0 Å². The maximum atomic E-state index is 12.3. The molecule has 0 amide bonds. The second-order valence-corrected chi connectivity index (χ2v) is 6.36. The molecule has 4 rings (SSSR count). The molecule has 2 aromatic carbocycles. The summed E-state index contributed by atoms with van der Waals surface area (Å²) in [6, 6.07) is 18.9. The molecule has 0 radical (unpaired) electrons. The van der Waals surface area contributed by atoms with Gasteiger partial charge in [-0.15, -0.1) is 0 Å². The van der Waals surface area contributed by atoms with E-state index in [4.69, 9.17) is 0 Å². The molecule has 0 saturated carbocycles. The van der Waals surface area contributed by atoms with Crippen LogP contribution in [0, 0.1) is 0 Å². The van der Waals surface area contributed by atoms with Crippen LogP contribution < -0.4 is 5.32 Å². The Morgan fingerprint density at radius 2 is 1.68 bits per heavy atom. The Balaban J connectivity index is 1.86. The van der Waals surface area contributed by atoms with Gasteiger partial charge in [0.05, 0.1) is 12.2 Å². The first-order valence-electron chi connectivity index (χ1n) is 7.81. The largest absolute Gasteiger partial charge is 0.369 e. The maximum absolute atomic E-state index is 12.3. The molecule has 1 fully saturated rings. The molecule has 0 spiro atoms. The van der Waals surface area contributed by atoms with Crippen LogP contribution >= 0.6 is 0 Å². The number of para-hydroxylation sites is 1. The predicted molar refractivity (Wildman–Crippen MR) is 88.0 cm³/mol. The summed E-state index contributed by atoms with van der Waals surface area (Å²) < 4.78 is 0. The number of carbonyl (C=O) groups excluding carboxylic acids is 1. The minimum atomic E-state index is -0.0711. The van der Waals surface area contributed by atoms with Crippen LogP contribution in [-0.2, 0) is 4.79 Å². The number of ketones is 1. The molecule has 2 aliphatic rings. The SMILES string of the molecule is CC(=O)C1C(c2ccccc2)C2c3ccccc3NC2N1C. The molecule has 4 unspecified atom stereocenters. The number of benzene rings is 2. The van der Waals surface area contributed by atoms with Gasteiger partial charge in [0.15, 0.2) is 0 Å². The highest BCUT2D eigenvalue weighted by Gasteiger charge is 2.53. The van der Waals surface area contributed by atoms with Crippen LogP contribution in [0.25, 0.3) is 0 Å². The first-order chi connectivity index (χ1) is 10.7. The summed E-state index contributed by atoms with van der Waals surface area (Å²) >= 11 is 0. The number of nitrogens with one attached hydrogen (secondary N) is 1. The number of carbonyl (C=O) groups is 1. The van der Waals surface area contributed by atoms with E-state index in [1.165, 1.54) is 16.8 Å². The van der Waals surface area contributed by atoms with Crippen LogP contribution in [0.15, 0.2) is 54.6 Å². The van der Waals surface area contributed by atoms with Gasteiger partial charge in [-0.1, -0.05) is 48.5 Å². The minimum absolute atomic E-state index is 0.0711. The van der Waals surface area contributed by atoms with Crippen LogP contribution in [0.3, 0.4) is 0 Å². The first-order valence-corrected chi connectivity index (χ1v) is 7.81. The Labute approximate surface area is 131 Å². The van der Waals surface area contributed by atoms with Gasteiger partial charge in [0, 0.05) is 17.5 Å². The lowest BCUT2D eigenvalue weighted by Gasteiger charge is -2.26. The van der Waals surface area contributed by atoms with Gasteiger partial charge >= 0.3 is 0 Å². The number of Topliss-reactive ketones (excluding diaryl/α,β-unsaturated/α-hetero) is 1. The topological polar surface area (TPSA) is 32.3 Å². The Bertz CT molecular complexity index is 712. The molecule has 0 bridgehead atoms. The van der Waals surface area contributed by atoms with Crippen LogP contribution in [0.2, 0.25) is 0 Å². The average Bonchev–Trinajstić information content (AvgIpc) is 3.04. The van der Waals surface area contributed by atoms with Crippen molar-refractivity contribution in [2.24, 2.45) is 0 Å². The standard InChI is InChI=1S/C19H20N2O/c1-12(22)18-16(13-8-4-3-5-9-13)17-14-10-6-7-11-15(14)20-19(17)21(18)2/h3-11,16-20H,1-2H3. The van der Waals surface area contributed by atoms with Crippen molar-refractivity contribution >= 4 is 11.5 Å². The van der Waals surface area contributed by atoms with Crippen molar-refractivity contribution in [1.29, 1.82) is 0 Å². The van der Waals surface area contributed by atoms with Crippen LogP contribution in [0.4, 0.5) is 5.69 Å². The average molecular weight is 292 g/mol. The Kier molecular flexibility index (Phi) is 3.05. The normalized spacial score (nSPS) is 29.7. The zero-order valence-corrected chi connectivity index (χ0v) is 12.9. The van der Waals surface area contributed by atoms with Gasteiger partial charge in [-0.2, -0.15) is 0 Å². The van der Waals surface area contributed by atoms with Crippen molar-refractivity contribution in [2.45, 2.75) is 31.0 Å². The van der Waals surface area contributed by atoms with Crippen molar-refractivity contribution in [3.05, 3.63) is 65.7 Å². The van der Waals surface area contributed by atoms with Crippen molar-refractivity contribution in [3.63, 3.8) is 0 Å². The monoisotopic (exact) mass is 292 g/mol. The number of nitrogens with zero attached hydrogens (tertiary/aromatic N) is 1. The summed E-state index contributed by atoms with van der Waals surface area (Å²) in [6.07, 6.45) is 0.191. The minimum Gasteiger partial charge on any atom is -0.369 e. The smallest absolute Gasteiger partial charge is 0.147 e. The molecule has 1 saturated heterocycles. The van der Waals surface area contributed by atoms with E-state index in [1.807, 2.05) is 6.07 Å². The van der Waals surface area contributed by atoms with E-state index in [9.17, 15) is 4.79 Å². The second kappa shape index (κ2) is 4.96. The van der Waals surface area contributed by atoms with Crippen molar-refractivity contribution in [1.82, 2.24) is 4.90 Å². The molecule has 3 heteroatoms. The molecule has 0 aromatic heterocycles. The lowest BCUT2D eigenvalue weighted by atomic mass is 9.79. The fraction of sp³-hybridized carbons (Fsp3) is 0.316. The molecule has 112 valence electrons. The van der Waals surface area contributed by atoms with Gasteiger partial charge in [-0.05, 0) is 31.2 Å². The molecule has 0 aliphatic carbocycles. The van der Waals surface area contributed by atoms with Crippen LogP contribution in [0.5, 0.6) is 0 Å². The van der Waals surface area contributed by atoms with E-state index in [2.05, 4.69) is 65.8 Å². The van der Waals surface area contributed by atoms with Gasteiger partial charge in [0.1, 0.15) is 5.78 Å². The van der Waals surface area contributed by atoms with Gasteiger partial charge in [-0.3, -0.25) is 9.69 Å². The van der Waals surface area contributed by atoms with E-state index in [-0.39, 0.29) is 23.9 Å². The Morgan fingerprint density at radius 1 is 1.00 bits per heavy atom. The lowest BCUT2D eigenvalue weighted by molar-refractivity contribution is -0.121. The number of likely N-dealkylation sites (tertiary alicyclic amines) is 1. The zero-order valence-electron chi connectivity index (χ0n) is 12.9. The maximum Gasteiger partial charge on any atom is 0.147 e. The van der Waals surface area contributed by atoms with Gasteiger partial charge in [0.25, 0.3) is 0 Å². The van der Waals surface area contributed by atoms with E-state index >= 15 is 0 Å². The second-order valence-electron chi connectivity index (χ2n) is 6.36. The number of hydrogen-bond acceptors (Lipinski definition) is 3. The number of anilines is 1. The Hall–Kier alpha value is -2.13. The quantitative estimate of drug-likeness (QED) is 0.922. The fourth-order valence-corrected chi connectivity index (χ4v) is 4.31. The number of fused-ring (bicyclic) bond motifs is 3. The molecular formula is C19H20N2O. The molecule has 2 aromatic rings. The summed E-state index contributed by atoms with van der Waals surface area (Å²) in [6.45, 7) is 1.71. The molecule has 22 heavy (non-hydrogen) atoms. The molecule has 2 aliphatic heterocycles. The van der Waals surface area contributed by atoms with E-state index < -0.39 is 0 Å². The number of likely N-dealkylation sites (N-methyl/N-ethyl adjacent to an activating group) is 1. The van der Waals surface area contributed by atoms with Crippen LogP contribution in [0.1, 0.15) is 29.9 Å². The molecular weight excluding hydrogens is 272 g/mol. The summed E-state index contributed by atoms with van der Waals surface area (Å²) in [5.74, 6) is 0.757. The van der Waals surface area contributed by atoms with E-state index in [0.717, 1.165) is 0 Å². The summed E-state index contributed by atoms with van der Waals surface area (Å²) in [5, 5.41) is 3.60. The molecule has 4 atom stereocenters. The Morgan fingerprint density at radius 3 is 2.41 bits per heavy atom. The molecule has 2 heterocycles. The van der Waals surface area contributed by atoms with Gasteiger partial charge in [-0.25, -0.2) is 0 Å².